The van der Waals surface area contributed by atoms with Crippen molar-refractivity contribution in [3.63, 3.8) is 0 Å². The SMILES string of the molecule is Cc1cccc(CS(=O)(=O)Cc2ccc(NC(=O)NCc3cn[nH]c3)cc2)c1. The van der Waals surface area contributed by atoms with Gasteiger partial charge in [0.1, 0.15) is 0 Å². The number of sulfone groups is 1. The van der Waals surface area contributed by atoms with Gasteiger partial charge < -0.3 is 10.6 Å². The summed E-state index contributed by atoms with van der Waals surface area (Å²) in [5.41, 5.74) is 3.95. The highest BCUT2D eigenvalue weighted by molar-refractivity contribution is 7.89. The number of hydrogen-bond acceptors (Lipinski definition) is 4. The summed E-state index contributed by atoms with van der Waals surface area (Å²) in [6.45, 7) is 2.30. The number of amides is 2. The fourth-order valence-corrected chi connectivity index (χ4v) is 4.27. The van der Waals surface area contributed by atoms with E-state index in [1.165, 1.54) is 0 Å². The zero-order chi connectivity index (χ0) is 20.0. The van der Waals surface area contributed by atoms with Crippen LogP contribution in [-0.4, -0.2) is 24.6 Å². The van der Waals surface area contributed by atoms with Crippen LogP contribution >= 0.6 is 0 Å². The second-order valence-electron chi connectivity index (χ2n) is 6.63. The first-order valence-electron chi connectivity index (χ1n) is 8.77. The van der Waals surface area contributed by atoms with Crippen molar-refractivity contribution in [2.75, 3.05) is 5.32 Å². The number of urea groups is 1. The van der Waals surface area contributed by atoms with Crippen LogP contribution < -0.4 is 10.6 Å². The fourth-order valence-electron chi connectivity index (χ4n) is 2.78. The summed E-state index contributed by atoms with van der Waals surface area (Å²) in [7, 11) is -3.28. The van der Waals surface area contributed by atoms with Gasteiger partial charge in [0, 0.05) is 24.0 Å². The van der Waals surface area contributed by atoms with Gasteiger partial charge in [-0.15, -0.1) is 0 Å². The van der Waals surface area contributed by atoms with E-state index < -0.39 is 9.84 Å². The quantitative estimate of drug-likeness (QED) is 0.569. The Balaban J connectivity index is 1.54. The van der Waals surface area contributed by atoms with Crippen LogP contribution in [0.25, 0.3) is 0 Å². The number of aromatic nitrogens is 2. The number of benzene rings is 2. The number of aromatic amines is 1. The molecule has 1 heterocycles. The number of carbonyl (C=O) groups excluding carboxylic acids is 1. The third kappa shape index (κ3) is 5.95. The van der Waals surface area contributed by atoms with Crippen molar-refractivity contribution in [1.29, 1.82) is 0 Å². The van der Waals surface area contributed by atoms with E-state index in [1.807, 2.05) is 31.2 Å². The molecule has 3 rings (SSSR count). The number of nitrogens with one attached hydrogen (secondary N) is 3. The predicted octanol–water partition coefficient (Wildman–Crippen LogP) is 3.15. The molecular weight excluding hydrogens is 376 g/mol. The maximum absolute atomic E-state index is 12.5. The molecular formula is C20H22N4O3S. The van der Waals surface area contributed by atoms with Crippen molar-refractivity contribution < 1.29 is 13.2 Å². The number of hydrogen-bond donors (Lipinski definition) is 3. The van der Waals surface area contributed by atoms with Crippen LogP contribution in [0.4, 0.5) is 10.5 Å². The van der Waals surface area contributed by atoms with Crippen LogP contribution in [-0.2, 0) is 27.9 Å². The summed E-state index contributed by atoms with van der Waals surface area (Å²) < 4.78 is 24.9. The first-order valence-corrected chi connectivity index (χ1v) is 10.6. The van der Waals surface area contributed by atoms with Crippen molar-refractivity contribution in [1.82, 2.24) is 15.5 Å². The lowest BCUT2D eigenvalue weighted by molar-refractivity contribution is 0.251. The molecule has 0 aliphatic rings. The lowest BCUT2D eigenvalue weighted by Crippen LogP contribution is -2.28. The maximum atomic E-state index is 12.5. The first kappa shape index (κ1) is 19.6. The van der Waals surface area contributed by atoms with Crippen LogP contribution in [0.5, 0.6) is 0 Å². The van der Waals surface area contributed by atoms with E-state index in [0.717, 1.165) is 16.7 Å². The van der Waals surface area contributed by atoms with Crippen LogP contribution in [0.3, 0.4) is 0 Å². The maximum Gasteiger partial charge on any atom is 0.319 e. The molecule has 0 atom stereocenters. The first-order chi connectivity index (χ1) is 13.4. The zero-order valence-electron chi connectivity index (χ0n) is 15.5. The van der Waals surface area contributed by atoms with E-state index in [-0.39, 0.29) is 17.5 Å². The summed E-state index contributed by atoms with van der Waals surface area (Å²) in [6.07, 6.45) is 3.33. The summed E-state index contributed by atoms with van der Waals surface area (Å²) >= 11 is 0. The molecule has 3 N–H and O–H groups in total. The van der Waals surface area contributed by atoms with Gasteiger partial charge in [-0.1, -0.05) is 42.0 Å². The Morgan fingerprint density at radius 1 is 1.04 bits per heavy atom. The monoisotopic (exact) mass is 398 g/mol. The van der Waals surface area contributed by atoms with Gasteiger partial charge >= 0.3 is 6.03 Å². The number of carbonyl (C=O) groups is 1. The molecule has 8 heteroatoms. The third-order valence-electron chi connectivity index (χ3n) is 4.08. The van der Waals surface area contributed by atoms with Crippen molar-refractivity contribution in [2.45, 2.75) is 25.0 Å². The highest BCUT2D eigenvalue weighted by Crippen LogP contribution is 2.16. The lowest BCUT2D eigenvalue weighted by atomic mass is 10.2. The zero-order valence-corrected chi connectivity index (χ0v) is 16.3. The third-order valence-corrected chi connectivity index (χ3v) is 5.62. The number of nitrogens with zero attached hydrogens (tertiary/aromatic N) is 1. The molecule has 28 heavy (non-hydrogen) atoms. The summed E-state index contributed by atoms with van der Waals surface area (Å²) in [4.78, 5) is 11.9. The second-order valence-corrected chi connectivity index (χ2v) is 8.70. The summed E-state index contributed by atoms with van der Waals surface area (Å²) in [5, 5.41) is 11.9. The molecule has 7 nitrogen and oxygen atoms in total. The van der Waals surface area contributed by atoms with Gasteiger partial charge in [0.25, 0.3) is 0 Å². The molecule has 146 valence electrons. The predicted molar refractivity (Wildman–Crippen MR) is 108 cm³/mol. The Labute approximate surface area is 164 Å². The molecule has 0 saturated carbocycles. The van der Waals surface area contributed by atoms with E-state index in [0.29, 0.717) is 17.8 Å². The van der Waals surface area contributed by atoms with Crippen LogP contribution in [0.2, 0.25) is 0 Å². The Bertz CT molecular complexity index is 1030. The van der Waals surface area contributed by atoms with Gasteiger partial charge in [-0.25, -0.2) is 13.2 Å². The Morgan fingerprint density at radius 2 is 1.79 bits per heavy atom. The lowest BCUT2D eigenvalue weighted by Gasteiger charge is -2.09. The standard InChI is InChI=1S/C20H22N4O3S/c1-15-3-2-4-17(9-15)14-28(26,27)13-16-5-7-19(8-6-16)24-20(25)21-10-18-11-22-23-12-18/h2-9,11-12H,10,13-14H2,1H3,(H,22,23)(H2,21,24,25). The molecule has 0 aliphatic carbocycles. The number of rotatable bonds is 7. The van der Waals surface area contributed by atoms with Crippen LogP contribution in [0, 0.1) is 6.92 Å². The minimum atomic E-state index is -3.28. The normalized spacial score (nSPS) is 11.2. The minimum Gasteiger partial charge on any atom is -0.334 e. The van der Waals surface area contributed by atoms with E-state index in [2.05, 4.69) is 20.8 Å². The molecule has 0 spiro atoms. The van der Waals surface area contributed by atoms with Gasteiger partial charge in [0.15, 0.2) is 9.84 Å². The topological polar surface area (TPSA) is 104 Å². The number of anilines is 1. The van der Waals surface area contributed by atoms with Crippen LogP contribution in [0.1, 0.15) is 22.3 Å². The van der Waals surface area contributed by atoms with E-state index in [4.69, 9.17) is 0 Å². The molecule has 0 bridgehead atoms. The van der Waals surface area contributed by atoms with E-state index >= 15 is 0 Å². The number of aryl methyl sites for hydroxylation is 1. The molecule has 0 unspecified atom stereocenters. The molecule has 1 aromatic heterocycles. The molecule has 2 aromatic carbocycles. The molecule has 0 radical (unpaired) electrons. The molecule has 0 fully saturated rings. The van der Waals surface area contributed by atoms with Crippen molar-refractivity contribution >= 4 is 21.6 Å². The van der Waals surface area contributed by atoms with Gasteiger partial charge in [-0.05, 0) is 30.2 Å². The average molecular weight is 398 g/mol. The average Bonchev–Trinajstić information content (AvgIpc) is 3.14. The second kappa shape index (κ2) is 8.71. The van der Waals surface area contributed by atoms with Crippen molar-refractivity contribution in [3.8, 4) is 0 Å². The fraction of sp³-hybridized carbons (Fsp3) is 0.200. The van der Waals surface area contributed by atoms with Gasteiger partial charge in [0.05, 0.1) is 17.7 Å². The Hall–Kier alpha value is -3.13. The molecule has 2 amide bonds. The largest absolute Gasteiger partial charge is 0.334 e. The van der Waals surface area contributed by atoms with Crippen molar-refractivity contribution in [3.05, 3.63) is 83.2 Å². The Kier molecular flexibility index (Phi) is 6.10. The Morgan fingerprint density at radius 3 is 2.46 bits per heavy atom. The number of H-pyrrole nitrogens is 1. The van der Waals surface area contributed by atoms with Crippen molar-refractivity contribution in [2.24, 2.45) is 0 Å². The van der Waals surface area contributed by atoms with E-state index in [1.54, 1.807) is 36.7 Å². The molecule has 0 aliphatic heterocycles. The van der Waals surface area contributed by atoms with Gasteiger partial charge in [0.2, 0.25) is 0 Å². The van der Waals surface area contributed by atoms with Gasteiger partial charge in [-0.3, -0.25) is 5.10 Å². The summed E-state index contributed by atoms with van der Waals surface area (Å²) in [5.74, 6) is -0.0427. The van der Waals surface area contributed by atoms with Crippen LogP contribution in [0.15, 0.2) is 60.9 Å². The molecule has 3 aromatic rings. The van der Waals surface area contributed by atoms with Gasteiger partial charge in [-0.2, -0.15) is 5.10 Å². The highest BCUT2D eigenvalue weighted by Gasteiger charge is 2.13. The highest BCUT2D eigenvalue weighted by atomic mass is 32.2. The molecule has 0 saturated heterocycles. The summed E-state index contributed by atoms with van der Waals surface area (Å²) in [6, 6.07) is 13.9. The minimum absolute atomic E-state index is 0.00506. The smallest absolute Gasteiger partial charge is 0.319 e. The van der Waals surface area contributed by atoms with E-state index in [9.17, 15) is 13.2 Å².